The molecule has 1 aliphatic heterocycles. The van der Waals surface area contributed by atoms with Gasteiger partial charge in [-0.1, -0.05) is 32.0 Å². The number of thioether (sulfide) groups is 1. The summed E-state index contributed by atoms with van der Waals surface area (Å²) in [6.07, 6.45) is 3.45. The van der Waals surface area contributed by atoms with Crippen molar-refractivity contribution < 1.29 is 9.59 Å². The third kappa shape index (κ3) is 3.61. The lowest BCUT2D eigenvalue weighted by molar-refractivity contribution is -0.119. The molecule has 5 heteroatoms. The van der Waals surface area contributed by atoms with E-state index in [9.17, 15) is 9.59 Å². The van der Waals surface area contributed by atoms with Crippen LogP contribution < -0.4 is 10.2 Å². The SMILES string of the molecule is CC(C)C(=O)Nc1ccc([C@H]2SCC(=O)N2c2ccc3c(c2)CCC3)cc1. The van der Waals surface area contributed by atoms with Gasteiger partial charge in [0.05, 0.1) is 5.75 Å². The number of hydrogen-bond donors (Lipinski definition) is 1. The largest absolute Gasteiger partial charge is 0.326 e. The first-order valence-electron chi connectivity index (χ1n) is 9.49. The van der Waals surface area contributed by atoms with Crippen molar-refractivity contribution >= 4 is 35.0 Å². The Labute approximate surface area is 164 Å². The third-order valence-electron chi connectivity index (χ3n) is 5.22. The van der Waals surface area contributed by atoms with Crippen LogP contribution in [0, 0.1) is 5.92 Å². The fraction of sp³-hybridized carbons (Fsp3) is 0.364. The van der Waals surface area contributed by atoms with E-state index in [0.717, 1.165) is 29.8 Å². The molecule has 1 heterocycles. The molecule has 1 N–H and O–H groups in total. The van der Waals surface area contributed by atoms with Crippen molar-refractivity contribution in [3.63, 3.8) is 0 Å². The van der Waals surface area contributed by atoms with Crippen LogP contribution in [0.2, 0.25) is 0 Å². The van der Waals surface area contributed by atoms with E-state index in [2.05, 4.69) is 23.5 Å². The highest BCUT2D eigenvalue weighted by molar-refractivity contribution is 8.00. The summed E-state index contributed by atoms with van der Waals surface area (Å²) in [5.74, 6) is 0.601. The van der Waals surface area contributed by atoms with Gasteiger partial charge in [0.2, 0.25) is 11.8 Å². The number of nitrogens with zero attached hydrogens (tertiary/aromatic N) is 1. The molecule has 140 valence electrons. The van der Waals surface area contributed by atoms with Crippen molar-refractivity contribution in [1.29, 1.82) is 0 Å². The number of amides is 2. The second-order valence-corrected chi connectivity index (χ2v) is 8.57. The van der Waals surface area contributed by atoms with E-state index in [0.29, 0.717) is 5.75 Å². The fourth-order valence-electron chi connectivity index (χ4n) is 3.68. The number of anilines is 2. The molecule has 0 bridgehead atoms. The van der Waals surface area contributed by atoms with Crippen molar-refractivity contribution in [1.82, 2.24) is 0 Å². The summed E-state index contributed by atoms with van der Waals surface area (Å²) >= 11 is 1.65. The normalized spacial score (nSPS) is 18.9. The number of aryl methyl sites for hydroxylation is 2. The van der Waals surface area contributed by atoms with Crippen LogP contribution in [-0.2, 0) is 22.4 Å². The lowest BCUT2D eigenvalue weighted by atomic mass is 10.1. The van der Waals surface area contributed by atoms with Gasteiger partial charge in [0.15, 0.2) is 0 Å². The van der Waals surface area contributed by atoms with E-state index in [4.69, 9.17) is 0 Å². The van der Waals surface area contributed by atoms with Crippen LogP contribution in [0.3, 0.4) is 0 Å². The minimum Gasteiger partial charge on any atom is -0.326 e. The number of rotatable bonds is 4. The topological polar surface area (TPSA) is 49.4 Å². The molecule has 2 aliphatic rings. The first-order chi connectivity index (χ1) is 13.0. The molecule has 1 fully saturated rings. The summed E-state index contributed by atoms with van der Waals surface area (Å²) in [6.45, 7) is 3.75. The van der Waals surface area contributed by atoms with Gasteiger partial charge in [-0.3, -0.25) is 14.5 Å². The summed E-state index contributed by atoms with van der Waals surface area (Å²) in [5.41, 5.74) is 5.65. The smallest absolute Gasteiger partial charge is 0.238 e. The Balaban J connectivity index is 1.57. The second kappa shape index (κ2) is 7.39. The summed E-state index contributed by atoms with van der Waals surface area (Å²) in [4.78, 5) is 26.4. The highest BCUT2D eigenvalue weighted by Crippen LogP contribution is 2.42. The van der Waals surface area contributed by atoms with Gasteiger partial charge >= 0.3 is 0 Å². The molecule has 1 saturated heterocycles. The van der Waals surface area contributed by atoms with Gasteiger partial charge in [0, 0.05) is 17.3 Å². The Morgan fingerprint density at radius 2 is 1.85 bits per heavy atom. The molecule has 2 amide bonds. The molecule has 0 spiro atoms. The van der Waals surface area contributed by atoms with Gasteiger partial charge in [-0.15, -0.1) is 11.8 Å². The summed E-state index contributed by atoms with van der Waals surface area (Å²) < 4.78 is 0. The van der Waals surface area contributed by atoms with Crippen LogP contribution in [0.4, 0.5) is 11.4 Å². The Morgan fingerprint density at radius 3 is 2.59 bits per heavy atom. The van der Waals surface area contributed by atoms with Crippen molar-refractivity contribution in [3.05, 3.63) is 59.2 Å². The summed E-state index contributed by atoms with van der Waals surface area (Å²) in [6, 6.07) is 14.3. The maximum absolute atomic E-state index is 12.6. The van der Waals surface area contributed by atoms with Gasteiger partial charge in [0.1, 0.15) is 5.37 Å². The molecule has 0 radical (unpaired) electrons. The number of nitrogens with one attached hydrogen (secondary N) is 1. The average Bonchev–Trinajstić information content (AvgIpc) is 3.28. The monoisotopic (exact) mass is 380 g/mol. The van der Waals surface area contributed by atoms with E-state index in [1.165, 1.54) is 17.5 Å². The molecule has 0 unspecified atom stereocenters. The molecule has 4 rings (SSSR count). The fourth-order valence-corrected chi connectivity index (χ4v) is 4.85. The van der Waals surface area contributed by atoms with Gasteiger partial charge in [0.25, 0.3) is 0 Å². The van der Waals surface area contributed by atoms with Gasteiger partial charge in [-0.2, -0.15) is 0 Å². The third-order valence-corrected chi connectivity index (χ3v) is 6.43. The van der Waals surface area contributed by atoms with Gasteiger partial charge < -0.3 is 5.32 Å². The molecular formula is C22H24N2O2S. The number of carbonyl (C=O) groups is 2. The van der Waals surface area contributed by atoms with E-state index in [-0.39, 0.29) is 23.1 Å². The summed E-state index contributed by atoms with van der Waals surface area (Å²) in [5, 5.41) is 2.89. The zero-order chi connectivity index (χ0) is 19.0. The molecule has 2 aromatic rings. The molecule has 0 saturated carbocycles. The van der Waals surface area contributed by atoms with Crippen LogP contribution in [0.15, 0.2) is 42.5 Å². The molecule has 1 aliphatic carbocycles. The zero-order valence-electron chi connectivity index (χ0n) is 15.7. The number of hydrogen-bond acceptors (Lipinski definition) is 3. The van der Waals surface area contributed by atoms with Crippen LogP contribution in [0.25, 0.3) is 0 Å². The van der Waals surface area contributed by atoms with Crippen molar-refractivity contribution in [3.8, 4) is 0 Å². The van der Waals surface area contributed by atoms with Crippen LogP contribution in [0.5, 0.6) is 0 Å². The maximum Gasteiger partial charge on any atom is 0.238 e. The van der Waals surface area contributed by atoms with Crippen molar-refractivity contribution in [2.45, 2.75) is 38.5 Å². The van der Waals surface area contributed by atoms with Crippen molar-refractivity contribution in [2.24, 2.45) is 5.92 Å². The van der Waals surface area contributed by atoms with Gasteiger partial charge in [-0.25, -0.2) is 0 Å². The summed E-state index contributed by atoms with van der Waals surface area (Å²) in [7, 11) is 0. The minimum atomic E-state index is -0.0528. The molecule has 27 heavy (non-hydrogen) atoms. The quantitative estimate of drug-likeness (QED) is 0.847. The zero-order valence-corrected chi connectivity index (χ0v) is 16.5. The molecule has 2 aromatic carbocycles. The van der Waals surface area contributed by atoms with E-state index in [1.807, 2.05) is 43.0 Å². The lowest BCUT2D eigenvalue weighted by Gasteiger charge is -2.25. The Bertz CT molecular complexity index is 876. The van der Waals surface area contributed by atoms with Crippen LogP contribution in [0.1, 0.15) is 42.3 Å². The molecule has 4 nitrogen and oxygen atoms in total. The number of fused-ring (bicyclic) bond motifs is 1. The van der Waals surface area contributed by atoms with Crippen LogP contribution in [-0.4, -0.2) is 17.6 Å². The average molecular weight is 381 g/mol. The van der Waals surface area contributed by atoms with E-state index < -0.39 is 0 Å². The van der Waals surface area contributed by atoms with Gasteiger partial charge in [-0.05, 0) is 60.2 Å². The maximum atomic E-state index is 12.6. The first-order valence-corrected chi connectivity index (χ1v) is 10.5. The highest BCUT2D eigenvalue weighted by Gasteiger charge is 2.34. The predicted octanol–water partition coefficient (Wildman–Crippen LogP) is 4.55. The molecule has 0 aromatic heterocycles. The number of benzene rings is 2. The second-order valence-electron chi connectivity index (χ2n) is 7.50. The van der Waals surface area contributed by atoms with Crippen LogP contribution >= 0.6 is 11.8 Å². The highest BCUT2D eigenvalue weighted by atomic mass is 32.2. The predicted molar refractivity (Wildman–Crippen MR) is 111 cm³/mol. The minimum absolute atomic E-state index is 0.00735. The first kappa shape index (κ1) is 18.1. The van der Waals surface area contributed by atoms with Crippen molar-refractivity contribution in [2.75, 3.05) is 16.0 Å². The molecular weight excluding hydrogens is 356 g/mol. The standard InChI is InChI=1S/C22H24N2O2S/c1-14(2)21(26)23-18-9-6-16(7-10-18)22-24(20(25)13-27-22)19-11-8-15-4-3-5-17(15)12-19/h6-12,14,22H,3-5,13H2,1-2H3,(H,23,26)/t22-/m1/s1. The Morgan fingerprint density at radius 1 is 1.11 bits per heavy atom. The lowest BCUT2D eigenvalue weighted by Crippen LogP contribution is -2.28. The van der Waals surface area contributed by atoms with E-state index >= 15 is 0 Å². The molecule has 1 atom stereocenters. The Hall–Kier alpha value is -2.27. The Kier molecular flexibility index (Phi) is 4.96. The number of carbonyl (C=O) groups excluding carboxylic acids is 2. The van der Waals surface area contributed by atoms with E-state index in [1.54, 1.807) is 11.8 Å².